The molecule has 0 aromatic heterocycles. The molecule has 4 aliphatic rings. The molecule has 0 aliphatic carbocycles. The minimum absolute atomic E-state index is 0.276. The molecule has 4 fully saturated rings. The average molecular weight is 480 g/mol. The number of carboxylic acids is 1. The van der Waals surface area contributed by atoms with E-state index in [4.69, 9.17) is 9.47 Å². The van der Waals surface area contributed by atoms with Gasteiger partial charge in [-0.25, -0.2) is 0 Å². The highest BCUT2D eigenvalue weighted by Crippen LogP contribution is 2.64. The molecule has 2 bridgehead atoms. The van der Waals surface area contributed by atoms with Crippen LogP contribution >= 0.6 is 0 Å². The summed E-state index contributed by atoms with van der Waals surface area (Å²) in [6.45, 7) is 11.3. The van der Waals surface area contributed by atoms with Gasteiger partial charge in [0.1, 0.15) is 17.6 Å². The van der Waals surface area contributed by atoms with Gasteiger partial charge in [-0.1, -0.05) is 13.0 Å². The standard InChI is InChI=1S/C24H37N3O7/c1-4-8-26(10-9-25-11-13-33-14-12-25)21(30)19-24-7-6-23(5-2,34-24)18(22(31)32)17(24)20(29)27(19)16(3)15-28/h4,16-19,28H,1,5-15H2,2-3H3,(H,31,32)/t16-,17+,18-,19?,23+,24?/m1/s1. The number of hydrogen-bond donors (Lipinski definition) is 2. The van der Waals surface area contributed by atoms with E-state index < -0.39 is 47.0 Å². The Kier molecular flexibility index (Phi) is 7.06. The maximum Gasteiger partial charge on any atom is 0.310 e. The van der Waals surface area contributed by atoms with E-state index in [-0.39, 0.29) is 12.5 Å². The predicted octanol–water partition coefficient (Wildman–Crippen LogP) is -0.0466. The molecule has 0 aromatic carbocycles. The van der Waals surface area contributed by atoms with Crippen LogP contribution in [0.15, 0.2) is 12.7 Å². The number of aliphatic hydroxyl groups excluding tert-OH is 1. The fourth-order valence-corrected chi connectivity index (χ4v) is 6.58. The number of carbonyl (C=O) groups is 3. The van der Waals surface area contributed by atoms with Gasteiger partial charge in [-0.2, -0.15) is 0 Å². The molecule has 4 heterocycles. The molecule has 6 atom stereocenters. The first-order valence-corrected chi connectivity index (χ1v) is 12.3. The highest BCUT2D eigenvalue weighted by atomic mass is 16.5. The number of carbonyl (C=O) groups excluding carboxylic acids is 2. The van der Waals surface area contributed by atoms with Crippen LogP contribution in [0.1, 0.15) is 33.1 Å². The van der Waals surface area contributed by atoms with E-state index in [0.717, 1.165) is 13.1 Å². The first-order valence-electron chi connectivity index (χ1n) is 12.3. The predicted molar refractivity (Wildman–Crippen MR) is 122 cm³/mol. The van der Waals surface area contributed by atoms with Gasteiger partial charge in [0.25, 0.3) is 0 Å². The third kappa shape index (κ3) is 3.75. The minimum Gasteiger partial charge on any atom is -0.481 e. The van der Waals surface area contributed by atoms with Crippen molar-refractivity contribution in [1.82, 2.24) is 14.7 Å². The van der Waals surface area contributed by atoms with Crippen LogP contribution in [-0.2, 0) is 23.9 Å². The van der Waals surface area contributed by atoms with Crippen LogP contribution in [0, 0.1) is 11.8 Å². The Balaban J connectivity index is 1.68. The van der Waals surface area contributed by atoms with E-state index in [1.54, 1.807) is 17.9 Å². The third-order valence-corrected chi connectivity index (χ3v) is 8.31. The number of nitrogens with zero attached hydrogens (tertiary/aromatic N) is 3. The van der Waals surface area contributed by atoms with Gasteiger partial charge in [0.15, 0.2) is 0 Å². The number of amides is 2. The number of aliphatic hydroxyl groups is 1. The van der Waals surface area contributed by atoms with Gasteiger partial charge in [0, 0.05) is 32.7 Å². The zero-order chi connectivity index (χ0) is 24.7. The van der Waals surface area contributed by atoms with Crippen LogP contribution in [0.2, 0.25) is 0 Å². The van der Waals surface area contributed by atoms with E-state index in [2.05, 4.69) is 11.5 Å². The first kappa shape index (κ1) is 25.1. The quantitative estimate of drug-likeness (QED) is 0.419. The van der Waals surface area contributed by atoms with Crippen molar-refractivity contribution in [3.63, 3.8) is 0 Å². The highest BCUT2D eigenvalue weighted by Gasteiger charge is 2.79. The second-order valence-electron chi connectivity index (χ2n) is 9.98. The van der Waals surface area contributed by atoms with Crippen molar-refractivity contribution in [3.8, 4) is 0 Å². The van der Waals surface area contributed by atoms with Gasteiger partial charge >= 0.3 is 5.97 Å². The molecule has 10 heteroatoms. The number of likely N-dealkylation sites (tertiary alicyclic amines) is 1. The van der Waals surface area contributed by atoms with Crippen molar-refractivity contribution in [2.75, 3.05) is 52.5 Å². The average Bonchev–Trinajstić information content (AvgIpc) is 3.45. The van der Waals surface area contributed by atoms with Gasteiger partial charge in [0.05, 0.1) is 37.4 Å². The van der Waals surface area contributed by atoms with Gasteiger partial charge in [-0.15, -0.1) is 6.58 Å². The van der Waals surface area contributed by atoms with Crippen LogP contribution in [-0.4, -0.2) is 119 Å². The molecule has 4 saturated heterocycles. The maximum absolute atomic E-state index is 14.1. The molecular weight excluding hydrogens is 442 g/mol. The minimum atomic E-state index is -1.20. The van der Waals surface area contributed by atoms with E-state index in [9.17, 15) is 24.6 Å². The Bertz CT molecular complexity index is 831. The fourth-order valence-electron chi connectivity index (χ4n) is 6.58. The summed E-state index contributed by atoms with van der Waals surface area (Å²) in [5.41, 5.74) is -2.15. The van der Waals surface area contributed by atoms with Crippen LogP contribution in [0.5, 0.6) is 0 Å². The molecule has 0 aromatic rings. The van der Waals surface area contributed by atoms with E-state index in [1.165, 1.54) is 4.90 Å². The summed E-state index contributed by atoms with van der Waals surface area (Å²) < 4.78 is 11.9. The van der Waals surface area contributed by atoms with Crippen molar-refractivity contribution in [3.05, 3.63) is 12.7 Å². The first-order chi connectivity index (χ1) is 16.3. The summed E-state index contributed by atoms with van der Waals surface area (Å²) in [6, 6.07) is -1.62. The maximum atomic E-state index is 14.1. The van der Waals surface area contributed by atoms with Gasteiger partial charge in [0.2, 0.25) is 11.8 Å². The van der Waals surface area contributed by atoms with Crippen molar-refractivity contribution < 1.29 is 34.1 Å². The van der Waals surface area contributed by atoms with Crippen LogP contribution in [0.3, 0.4) is 0 Å². The number of ether oxygens (including phenoxy) is 2. The topological polar surface area (TPSA) is 120 Å². The highest BCUT2D eigenvalue weighted by molar-refractivity contribution is 5.98. The zero-order valence-electron chi connectivity index (χ0n) is 20.1. The van der Waals surface area contributed by atoms with Gasteiger partial charge in [-0.05, 0) is 26.2 Å². The molecule has 34 heavy (non-hydrogen) atoms. The van der Waals surface area contributed by atoms with Crippen molar-refractivity contribution in [1.29, 1.82) is 0 Å². The van der Waals surface area contributed by atoms with Crippen molar-refractivity contribution >= 4 is 17.8 Å². The zero-order valence-corrected chi connectivity index (χ0v) is 20.1. The number of morpholine rings is 1. The van der Waals surface area contributed by atoms with Crippen LogP contribution < -0.4 is 0 Å². The summed E-state index contributed by atoms with van der Waals surface area (Å²) in [7, 11) is 0. The Morgan fingerprint density at radius 1 is 1.32 bits per heavy atom. The third-order valence-electron chi connectivity index (χ3n) is 8.31. The number of rotatable bonds is 10. The lowest BCUT2D eigenvalue weighted by Crippen LogP contribution is -2.59. The van der Waals surface area contributed by atoms with Gasteiger partial charge in [-0.3, -0.25) is 19.3 Å². The van der Waals surface area contributed by atoms with Crippen molar-refractivity contribution in [2.45, 2.75) is 56.4 Å². The summed E-state index contributed by atoms with van der Waals surface area (Å²) in [5.74, 6) is -3.70. The van der Waals surface area contributed by atoms with Crippen LogP contribution in [0.4, 0.5) is 0 Å². The molecule has 190 valence electrons. The smallest absolute Gasteiger partial charge is 0.310 e. The number of carboxylic acid groups (broad SMARTS) is 1. The number of aliphatic carboxylic acids is 1. The Labute approximate surface area is 200 Å². The molecule has 4 aliphatic heterocycles. The normalized spacial score (nSPS) is 35.9. The molecule has 1 spiro atoms. The Morgan fingerprint density at radius 2 is 2.03 bits per heavy atom. The summed E-state index contributed by atoms with van der Waals surface area (Å²) in [4.78, 5) is 45.5. The molecule has 2 N–H and O–H groups in total. The van der Waals surface area contributed by atoms with E-state index in [0.29, 0.717) is 52.1 Å². The largest absolute Gasteiger partial charge is 0.481 e. The van der Waals surface area contributed by atoms with E-state index in [1.807, 2.05) is 6.92 Å². The molecule has 2 amide bonds. The summed E-state index contributed by atoms with van der Waals surface area (Å²) in [5, 5.41) is 20.0. The lowest BCUT2D eigenvalue weighted by molar-refractivity contribution is -0.159. The molecule has 4 rings (SSSR count). The molecule has 0 saturated carbocycles. The Hall–Kier alpha value is -2.01. The summed E-state index contributed by atoms with van der Waals surface area (Å²) >= 11 is 0. The number of hydrogen-bond acceptors (Lipinski definition) is 7. The lowest BCUT2D eigenvalue weighted by atomic mass is 9.65. The fraction of sp³-hybridized carbons (Fsp3) is 0.792. The molecule has 10 nitrogen and oxygen atoms in total. The molecule has 0 radical (unpaired) electrons. The van der Waals surface area contributed by atoms with E-state index >= 15 is 0 Å². The SMILES string of the molecule is C=CCN(CCN1CCOCC1)C(=O)C1N([C@H](C)CO)C(=O)[C@@H]2[C@H](C(=O)O)[C@]3(CC)CCC12O3. The summed E-state index contributed by atoms with van der Waals surface area (Å²) in [6.07, 6.45) is 3.05. The lowest BCUT2D eigenvalue weighted by Gasteiger charge is -2.39. The van der Waals surface area contributed by atoms with Crippen molar-refractivity contribution in [2.24, 2.45) is 11.8 Å². The van der Waals surface area contributed by atoms with Gasteiger partial charge < -0.3 is 29.5 Å². The number of fused-ring (bicyclic) bond motifs is 1. The monoisotopic (exact) mass is 479 g/mol. The second kappa shape index (κ2) is 9.56. The molecule has 2 unspecified atom stereocenters. The second-order valence-corrected chi connectivity index (χ2v) is 9.98. The molecular formula is C24H37N3O7. The Morgan fingerprint density at radius 3 is 2.62 bits per heavy atom. The van der Waals surface area contributed by atoms with Crippen LogP contribution in [0.25, 0.3) is 0 Å².